The minimum Gasteiger partial charge on any atom is -0.391 e. The minimum absolute atomic E-state index is 0.0597. The van der Waals surface area contributed by atoms with Gasteiger partial charge in [-0.3, -0.25) is 48.1 Å². The maximum atomic E-state index is 13.9. The van der Waals surface area contributed by atoms with Gasteiger partial charge in [0, 0.05) is 88.4 Å². The number of rotatable bonds is 24. The molecule has 0 aliphatic carbocycles. The predicted molar refractivity (Wildman–Crippen MR) is 423 cm³/mol. The van der Waals surface area contributed by atoms with Crippen LogP contribution < -0.4 is 10.6 Å². The van der Waals surface area contributed by atoms with Crippen molar-refractivity contribution < 1.29 is 58.5 Å². The van der Waals surface area contributed by atoms with E-state index in [0.29, 0.717) is 36.4 Å². The van der Waals surface area contributed by atoms with Crippen molar-refractivity contribution in [3.63, 3.8) is 0 Å². The molecule has 22 nitrogen and oxygen atoms in total. The van der Waals surface area contributed by atoms with Crippen LogP contribution in [0.4, 0.5) is 0 Å². The highest BCUT2D eigenvalue weighted by Gasteiger charge is 2.48. The smallest absolute Gasteiger partial charge is 0.270 e. The van der Waals surface area contributed by atoms with Crippen LogP contribution in [-0.4, -0.2) is 182 Å². The summed E-state index contributed by atoms with van der Waals surface area (Å²) in [5.74, 6) is -2.52. The number of ketones is 3. The molecular weight excluding hydrogens is 1460 g/mol. The quantitative estimate of drug-likeness (QED) is 0.0375. The number of fused-ring (bicyclic) bond motifs is 1. The zero-order valence-corrected chi connectivity index (χ0v) is 66.6. The number of aliphatic hydroxyl groups excluding tert-OH is 3. The third-order valence-corrected chi connectivity index (χ3v) is 23.5. The summed E-state index contributed by atoms with van der Waals surface area (Å²) >= 11 is 10.9. The fraction of sp³-hybridized carbons (Fsp3) is 0.434. The Labute approximate surface area is 653 Å². The Morgan fingerprint density at radius 2 is 0.954 bits per heavy atom. The number of aliphatic hydroxyl groups is 3. The summed E-state index contributed by atoms with van der Waals surface area (Å²) in [7, 11) is 0. The molecule has 0 bridgehead atoms. The first-order valence-corrected chi connectivity index (χ1v) is 40.0. The lowest BCUT2D eigenvalue weighted by Gasteiger charge is -2.35. The number of halogens is 1. The van der Waals surface area contributed by atoms with Crippen LogP contribution in [0, 0.1) is 38.0 Å². The van der Waals surface area contributed by atoms with Crippen molar-refractivity contribution in [1.82, 2.24) is 50.2 Å². The van der Waals surface area contributed by atoms with Gasteiger partial charge in [0.25, 0.3) is 11.8 Å². The van der Waals surface area contributed by atoms with Gasteiger partial charge in [0.2, 0.25) is 23.6 Å². The standard InChI is InChI=1S/C30H32ClN3O4S.C29H34N4O4S.C24H31N3O4S/c1-17(2)27(34-14-21-9-10-22(31)12-24(21)29(34)37)30(38)33-15-23(35)13-25(33)26(36)11-6-19-4-7-20(8-5-19)28-18(3)32-16-39-28;1-18-25(38-17-31-18)20-11-8-19(9-12-20)10-13-24(35)23-15-21(34)16-33(23)28(37)26(29(2,3)4)32-27(36)22-7-5-6-14-30-22;1-14(2)22(26-16(4)28)24(31)27-12-19(29)11-20(27)21(30)10-7-17-5-8-18(9-6-17)23-15(3)25-13-32-23/h4-5,7-10,12,16-17,23,25,27,35H,6,11,13-15H2,1-3H3;5-9,11-12,14,17,21,23,26,34H,10,13,15-16H2,1-4H3,(H,32,36);5-6,8-9,13-14,19-20,22,29H,7,10-12H2,1-4H3,(H,26,28)/t23-,25?,27+;21-,23?,26-;19-,20?,22+/m111/s1. The zero-order chi connectivity index (χ0) is 78.7. The number of pyridine rings is 1. The van der Waals surface area contributed by atoms with Crippen LogP contribution >= 0.6 is 45.6 Å². The summed E-state index contributed by atoms with van der Waals surface area (Å²) in [6.45, 7) is 20.9. The van der Waals surface area contributed by atoms with Crippen molar-refractivity contribution in [2.75, 3.05) is 19.6 Å². The number of hydrogen-bond acceptors (Lipinski definition) is 19. The number of aromatic nitrogens is 4. The number of likely N-dealkylation sites (tertiary alicyclic amines) is 3. The topological polar surface area (TPSA) is 303 Å². The molecule has 109 heavy (non-hydrogen) atoms. The summed E-state index contributed by atoms with van der Waals surface area (Å²) in [6.07, 6.45) is 2.30. The van der Waals surface area contributed by atoms with E-state index in [4.69, 9.17) is 11.6 Å². The summed E-state index contributed by atoms with van der Waals surface area (Å²) in [5, 5.41) is 37.0. The minimum atomic E-state index is -0.889. The van der Waals surface area contributed by atoms with Crippen molar-refractivity contribution in [3.8, 4) is 31.3 Å². The van der Waals surface area contributed by atoms with E-state index >= 15 is 0 Å². The first-order valence-electron chi connectivity index (χ1n) is 37.0. The molecule has 4 aliphatic heterocycles. The number of nitrogens with one attached hydrogen (secondary N) is 2. The number of amides is 6. The average molecular weight is 1560 g/mol. The van der Waals surface area contributed by atoms with E-state index in [2.05, 4.69) is 30.6 Å². The van der Waals surface area contributed by atoms with E-state index < -0.39 is 65.9 Å². The van der Waals surface area contributed by atoms with E-state index in [-0.39, 0.29) is 123 Å². The van der Waals surface area contributed by atoms with Crippen LogP contribution in [0.2, 0.25) is 5.02 Å². The van der Waals surface area contributed by atoms with Crippen molar-refractivity contribution in [3.05, 3.63) is 188 Å². The number of hydrogen-bond donors (Lipinski definition) is 5. The zero-order valence-electron chi connectivity index (χ0n) is 63.4. The monoisotopic (exact) mass is 1560 g/mol. The summed E-state index contributed by atoms with van der Waals surface area (Å²) in [4.78, 5) is 144. The molecule has 9 atom stereocenters. The second-order valence-electron chi connectivity index (χ2n) is 30.3. The van der Waals surface area contributed by atoms with Gasteiger partial charge in [-0.25, -0.2) is 15.0 Å². The van der Waals surface area contributed by atoms with Gasteiger partial charge in [-0.15, -0.1) is 34.0 Å². The molecule has 4 aliphatic rings. The van der Waals surface area contributed by atoms with Crippen molar-refractivity contribution >= 4 is 98.4 Å². The Kier molecular flexibility index (Phi) is 27.7. The number of aryl methyl sites for hydroxylation is 6. The van der Waals surface area contributed by atoms with Crippen molar-refractivity contribution in [1.29, 1.82) is 0 Å². The van der Waals surface area contributed by atoms with E-state index in [9.17, 15) is 58.5 Å². The summed E-state index contributed by atoms with van der Waals surface area (Å²) in [5.41, 5.74) is 15.8. The fourth-order valence-electron chi connectivity index (χ4n) is 14.5. The van der Waals surface area contributed by atoms with E-state index in [0.717, 1.165) is 70.7 Å². The van der Waals surface area contributed by atoms with Crippen LogP contribution in [0.15, 0.2) is 132 Å². The van der Waals surface area contributed by atoms with Crippen molar-refractivity contribution in [2.45, 2.75) is 195 Å². The van der Waals surface area contributed by atoms with Gasteiger partial charge in [-0.2, -0.15) is 0 Å². The van der Waals surface area contributed by atoms with Crippen molar-refractivity contribution in [2.24, 2.45) is 17.3 Å². The molecule has 0 spiro atoms. The lowest BCUT2D eigenvalue weighted by atomic mass is 9.85. The number of carbonyl (C=O) groups excluding carboxylic acids is 9. The third-order valence-electron chi connectivity index (χ3n) is 20.4. The largest absolute Gasteiger partial charge is 0.391 e. The number of benzene rings is 4. The molecule has 4 aromatic carbocycles. The van der Waals surface area contributed by atoms with Crippen LogP contribution in [0.5, 0.6) is 0 Å². The molecule has 12 rings (SSSR count). The molecule has 4 aromatic heterocycles. The van der Waals surface area contributed by atoms with E-state index in [1.165, 1.54) is 27.8 Å². The fourth-order valence-corrected chi connectivity index (χ4v) is 17.1. The SMILES string of the molecule is CC(=O)N[C@H](C(=O)N1C[C@H](O)CC1C(=O)CCc1ccc(-c2scnc2C)cc1)C(C)C.Cc1ncsc1-c1ccc(CCC(=O)C2C[C@@H](O)CN2C(=O)[C@@H](NC(=O)c2ccccn2)C(C)(C)C)cc1.Cc1ncsc1-c1ccc(CCC(=O)C2C[C@@H](O)CN2C(=O)[C@H](C(C)C)N2Cc3ccc(Cl)cc3C2=O)cc1. The van der Waals surface area contributed by atoms with Gasteiger partial charge < -0.3 is 45.6 Å². The van der Waals surface area contributed by atoms with E-state index in [1.807, 2.05) is 165 Å². The number of nitrogens with zero attached hydrogens (tertiary/aromatic N) is 8. The van der Waals surface area contributed by atoms with Crippen LogP contribution in [-0.2, 0) is 59.4 Å². The Morgan fingerprint density at radius 1 is 0.541 bits per heavy atom. The molecule has 0 saturated carbocycles. The molecule has 26 heteroatoms. The van der Waals surface area contributed by atoms with Crippen LogP contribution in [0.1, 0.15) is 154 Å². The molecule has 0 radical (unpaired) electrons. The molecule has 576 valence electrons. The lowest BCUT2D eigenvalue weighted by molar-refractivity contribution is -0.142. The maximum Gasteiger partial charge on any atom is 0.270 e. The Hall–Kier alpha value is -9.08. The predicted octanol–water partition coefficient (Wildman–Crippen LogP) is 11.5. The van der Waals surface area contributed by atoms with Crippen LogP contribution in [0.3, 0.4) is 0 Å². The van der Waals surface area contributed by atoms with Gasteiger partial charge in [0.05, 0.1) is 84.7 Å². The number of carbonyl (C=O) groups is 9. The lowest BCUT2D eigenvalue weighted by Crippen LogP contribution is -2.56. The highest BCUT2D eigenvalue weighted by molar-refractivity contribution is 7.14. The first-order chi connectivity index (χ1) is 51.8. The second kappa shape index (κ2) is 36.6. The van der Waals surface area contributed by atoms with Gasteiger partial charge in [-0.05, 0) is 120 Å². The van der Waals surface area contributed by atoms with Gasteiger partial charge in [-0.1, -0.05) is 145 Å². The maximum absolute atomic E-state index is 13.9. The van der Waals surface area contributed by atoms with Crippen LogP contribution in [0.25, 0.3) is 31.3 Å². The van der Waals surface area contributed by atoms with Gasteiger partial charge >= 0.3 is 0 Å². The molecule has 8 heterocycles. The van der Waals surface area contributed by atoms with Gasteiger partial charge in [0.15, 0.2) is 17.3 Å². The molecular formula is C83H97ClN10O12S3. The Morgan fingerprint density at radius 3 is 1.31 bits per heavy atom. The molecule has 3 saturated heterocycles. The Balaban J connectivity index is 0.000000175. The Bertz CT molecular complexity index is 4560. The van der Waals surface area contributed by atoms with Gasteiger partial charge in [0.1, 0.15) is 23.8 Å². The normalized spacial score (nSPS) is 19.0. The molecule has 3 unspecified atom stereocenters. The molecule has 5 N–H and O–H groups in total. The first kappa shape index (κ1) is 82.4. The number of Topliss-reactive ketones (excluding diaryl/α,β-unsaturated/α-hetero) is 3. The molecule has 8 aromatic rings. The number of β-amino-alcohol motifs (C(OH)–C–C–N with tert-alkyl or cyclic N) is 3. The average Bonchev–Trinajstić information content (AvgIpc) is 1.63. The second-order valence-corrected chi connectivity index (χ2v) is 33.3. The molecule has 3 fully saturated rings. The molecule has 6 amide bonds. The summed E-state index contributed by atoms with van der Waals surface area (Å²) < 4.78 is 0. The van der Waals surface area contributed by atoms with E-state index in [1.54, 1.807) is 69.2 Å². The highest BCUT2D eigenvalue weighted by Crippen LogP contribution is 2.36. The third kappa shape index (κ3) is 20.5. The number of thiazole rings is 3. The summed E-state index contributed by atoms with van der Waals surface area (Å²) in [6, 6.07) is 30.1. The highest BCUT2D eigenvalue weighted by atomic mass is 35.5.